The number of hydrogen-bond donors (Lipinski definition) is 0. The zero-order valence-corrected chi connectivity index (χ0v) is 22.3. The van der Waals surface area contributed by atoms with Gasteiger partial charge in [-0.25, -0.2) is 0 Å². The number of rotatable bonds is 8. The molecule has 0 bridgehead atoms. The maximum Gasteiger partial charge on any atom is 0.417 e. The number of methoxy groups -OCH3 is 3. The van der Waals surface area contributed by atoms with Gasteiger partial charge in [0.05, 0.1) is 44.9 Å². The number of alkyl halides is 6. The monoisotopic (exact) mass is 622 g/mol. The Morgan fingerprint density at radius 2 is 1.21 bits per heavy atom. The highest BCUT2D eigenvalue weighted by atomic mass is 79.9. The zero-order chi connectivity index (χ0) is 28.4. The lowest BCUT2D eigenvalue weighted by molar-refractivity contribution is -0.143. The van der Waals surface area contributed by atoms with E-state index < -0.39 is 48.0 Å². The largest absolute Gasteiger partial charge is 0.495 e. The van der Waals surface area contributed by atoms with Gasteiger partial charge in [0, 0.05) is 11.6 Å². The Balaban J connectivity index is 2.41. The summed E-state index contributed by atoms with van der Waals surface area (Å²) in [5, 5.41) is -0.0781. The Morgan fingerprint density at radius 3 is 1.66 bits per heavy atom. The second-order valence-corrected chi connectivity index (χ2v) is 10.4. The molecule has 0 radical (unpaired) electrons. The Morgan fingerprint density at radius 1 is 0.711 bits per heavy atom. The predicted molar refractivity (Wildman–Crippen MR) is 132 cm³/mol. The molecule has 0 heterocycles. The molecule has 0 aliphatic rings. The van der Waals surface area contributed by atoms with E-state index in [0.717, 1.165) is 0 Å². The SMILES string of the molecule is COc1cc(Br)c(OC)c(C(=O)P(C(=O)c2c(C(F)(F)F)cccc2C(F)(F)F)c2ccccc2)c1OC. The minimum absolute atomic E-state index is 0.00524. The summed E-state index contributed by atoms with van der Waals surface area (Å²) in [6.45, 7) is 0. The Hall–Kier alpha value is -3.11. The van der Waals surface area contributed by atoms with Crippen LogP contribution in [0.25, 0.3) is 0 Å². The first-order valence-corrected chi connectivity index (χ1v) is 12.6. The van der Waals surface area contributed by atoms with Gasteiger partial charge in [0.1, 0.15) is 11.3 Å². The molecule has 38 heavy (non-hydrogen) atoms. The molecule has 0 N–H and O–H groups in total. The maximum atomic E-state index is 14.1. The van der Waals surface area contributed by atoms with E-state index in [1.54, 1.807) is 0 Å². The summed E-state index contributed by atoms with van der Waals surface area (Å²) >= 11 is 3.21. The van der Waals surface area contributed by atoms with E-state index in [9.17, 15) is 35.9 Å². The molecule has 0 amide bonds. The van der Waals surface area contributed by atoms with Gasteiger partial charge in [-0.3, -0.25) is 9.59 Å². The highest BCUT2D eigenvalue weighted by Crippen LogP contribution is 2.53. The molecular weight excluding hydrogens is 605 g/mol. The van der Waals surface area contributed by atoms with Gasteiger partial charge in [-0.05, 0) is 33.4 Å². The molecule has 0 aliphatic heterocycles. The quantitative estimate of drug-likeness (QED) is 0.195. The highest BCUT2D eigenvalue weighted by Gasteiger charge is 2.46. The summed E-state index contributed by atoms with van der Waals surface area (Å²) in [6, 6.07) is 9.56. The van der Waals surface area contributed by atoms with E-state index in [4.69, 9.17) is 14.2 Å². The molecule has 3 aromatic carbocycles. The van der Waals surface area contributed by atoms with Crippen LogP contribution in [0.3, 0.4) is 0 Å². The average Bonchev–Trinajstić information content (AvgIpc) is 2.87. The number of ether oxygens (including phenoxy) is 3. The zero-order valence-electron chi connectivity index (χ0n) is 19.8. The van der Waals surface area contributed by atoms with Crippen LogP contribution in [0.5, 0.6) is 17.2 Å². The molecule has 0 spiro atoms. The maximum absolute atomic E-state index is 14.1. The second kappa shape index (κ2) is 11.3. The molecule has 1 atom stereocenters. The van der Waals surface area contributed by atoms with Crippen LogP contribution >= 0.6 is 23.9 Å². The molecule has 5 nitrogen and oxygen atoms in total. The molecule has 0 saturated heterocycles. The fraction of sp³-hybridized carbons (Fsp3) is 0.200. The van der Waals surface area contributed by atoms with Crippen LogP contribution in [-0.4, -0.2) is 32.4 Å². The van der Waals surface area contributed by atoms with Crippen molar-refractivity contribution in [1.29, 1.82) is 0 Å². The first kappa shape index (κ1) is 29.4. The Bertz CT molecular complexity index is 1330. The van der Waals surface area contributed by atoms with E-state index in [2.05, 4.69) is 15.9 Å². The first-order valence-electron chi connectivity index (χ1n) is 10.5. The summed E-state index contributed by atoms with van der Waals surface area (Å²) in [4.78, 5) is 27.9. The van der Waals surface area contributed by atoms with Crippen LogP contribution in [0.15, 0.2) is 59.1 Å². The summed E-state index contributed by atoms with van der Waals surface area (Å²) in [5.41, 5.74) is -8.38. The highest BCUT2D eigenvalue weighted by molar-refractivity contribution is 9.10. The number of carbonyl (C=O) groups excluding carboxylic acids is 2. The smallest absolute Gasteiger partial charge is 0.417 e. The van der Waals surface area contributed by atoms with E-state index >= 15 is 0 Å². The van der Waals surface area contributed by atoms with Crippen LogP contribution < -0.4 is 19.5 Å². The van der Waals surface area contributed by atoms with Crippen molar-refractivity contribution in [3.05, 3.63) is 81.3 Å². The van der Waals surface area contributed by atoms with Crippen molar-refractivity contribution in [2.45, 2.75) is 12.4 Å². The molecule has 0 saturated carbocycles. The van der Waals surface area contributed by atoms with Crippen molar-refractivity contribution >= 4 is 40.2 Å². The molecule has 1 unspecified atom stereocenters. The summed E-state index contributed by atoms with van der Waals surface area (Å²) in [7, 11) is 0.577. The molecule has 202 valence electrons. The summed E-state index contributed by atoms with van der Waals surface area (Å²) in [5.74, 6) is -0.358. The molecule has 3 rings (SSSR count). The lowest BCUT2D eigenvalue weighted by Crippen LogP contribution is -2.24. The number of halogens is 7. The van der Waals surface area contributed by atoms with Crippen LogP contribution in [0.4, 0.5) is 26.3 Å². The van der Waals surface area contributed by atoms with Crippen molar-refractivity contribution in [3.8, 4) is 17.2 Å². The summed E-state index contributed by atoms with van der Waals surface area (Å²) < 4.78 is 99.4. The van der Waals surface area contributed by atoms with Crippen molar-refractivity contribution < 1.29 is 50.1 Å². The fourth-order valence-corrected chi connectivity index (χ4v) is 6.31. The third-order valence-electron chi connectivity index (χ3n) is 5.30. The van der Waals surface area contributed by atoms with E-state index in [1.165, 1.54) is 57.7 Å². The Kier molecular flexibility index (Phi) is 8.78. The van der Waals surface area contributed by atoms with Gasteiger partial charge in [0.25, 0.3) is 0 Å². The van der Waals surface area contributed by atoms with Gasteiger partial charge in [-0.15, -0.1) is 0 Å². The second-order valence-electron chi connectivity index (χ2n) is 7.51. The molecule has 0 fully saturated rings. The van der Waals surface area contributed by atoms with E-state index in [-0.39, 0.29) is 32.6 Å². The van der Waals surface area contributed by atoms with Crippen molar-refractivity contribution in [2.75, 3.05) is 21.3 Å². The van der Waals surface area contributed by atoms with Gasteiger partial charge in [-0.2, -0.15) is 26.3 Å². The van der Waals surface area contributed by atoms with Crippen LogP contribution in [-0.2, 0) is 12.4 Å². The topological polar surface area (TPSA) is 61.8 Å². The van der Waals surface area contributed by atoms with Gasteiger partial charge in [0.15, 0.2) is 17.0 Å². The molecule has 0 aliphatic carbocycles. The van der Waals surface area contributed by atoms with E-state index in [0.29, 0.717) is 18.2 Å². The van der Waals surface area contributed by atoms with E-state index in [1.807, 2.05) is 0 Å². The van der Waals surface area contributed by atoms with Gasteiger partial charge in [-0.1, -0.05) is 36.4 Å². The average molecular weight is 623 g/mol. The van der Waals surface area contributed by atoms with Gasteiger partial charge in [0.2, 0.25) is 5.52 Å². The van der Waals surface area contributed by atoms with Crippen LogP contribution in [0.1, 0.15) is 31.8 Å². The predicted octanol–water partition coefficient (Wildman–Crippen LogP) is 7.30. The lowest BCUT2D eigenvalue weighted by Gasteiger charge is -2.24. The van der Waals surface area contributed by atoms with Crippen LogP contribution in [0.2, 0.25) is 0 Å². The standard InChI is InChI=1S/C25H18BrF6O5P/c1-35-17-12-16(26)20(36-2)19(21(17)37-3)23(34)38(13-8-5-4-6-9-13)22(33)18-14(24(27,28)29)10-7-11-15(18)25(30,31)32/h4-12H,1-3H3. The fourth-order valence-electron chi connectivity index (χ4n) is 3.72. The molecule has 3 aromatic rings. The first-order chi connectivity index (χ1) is 17.8. The lowest BCUT2D eigenvalue weighted by atomic mass is 10.0. The third kappa shape index (κ3) is 5.66. The van der Waals surface area contributed by atoms with Gasteiger partial charge < -0.3 is 14.2 Å². The third-order valence-corrected chi connectivity index (χ3v) is 7.97. The minimum Gasteiger partial charge on any atom is -0.495 e. The van der Waals surface area contributed by atoms with Crippen molar-refractivity contribution in [1.82, 2.24) is 0 Å². The van der Waals surface area contributed by atoms with Crippen molar-refractivity contribution in [2.24, 2.45) is 0 Å². The normalized spacial score (nSPS) is 12.6. The minimum atomic E-state index is -5.32. The number of benzene rings is 3. The van der Waals surface area contributed by atoms with Crippen LogP contribution in [0, 0.1) is 0 Å². The van der Waals surface area contributed by atoms with Crippen molar-refractivity contribution in [3.63, 3.8) is 0 Å². The molecule has 13 heteroatoms. The van der Waals surface area contributed by atoms with Gasteiger partial charge >= 0.3 is 12.4 Å². The Labute approximate surface area is 222 Å². The molecule has 0 aromatic heterocycles. The molecular formula is C25H18BrF6O5P. The summed E-state index contributed by atoms with van der Waals surface area (Å²) in [6.07, 6.45) is -10.6. The number of carbonyl (C=O) groups is 2. The number of hydrogen-bond acceptors (Lipinski definition) is 5.